The predicted molar refractivity (Wildman–Crippen MR) is 153 cm³/mol. The van der Waals surface area contributed by atoms with Gasteiger partial charge in [0, 0.05) is 20.6 Å². The summed E-state index contributed by atoms with van der Waals surface area (Å²) in [6.07, 6.45) is 3.95. The summed E-state index contributed by atoms with van der Waals surface area (Å²) in [6, 6.07) is 12.6. The van der Waals surface area contributed by atoms with Crippen molar-refractivity contribution in [2.45, 2.75) is 82.8 Å². The Balaban J connectivity index is 0.000000191. The van der Waals surface area contributed by atoms with E-state index in [0.29, 0.717) is 0 Å². The standard InChI is InChI=1S/C13H18BrNOS.C13H16BrNOS/c2*1-13(2,3)17(16)15-12-8-7-9-10(12)5-4-6-11(9)14/h4-6,12,15H,7-8H2,1-3H3;4-6H,7-8H2,1-3H3/t12-,17-;17-/m00/s1. The van der Waals surface area contributed by atoms with Crippen molar-refractivity contribution in [2.75, 3.05) is 0 Å². The van der Waals surface area contributed by atoms with E-state index in [1.165, 1.54) is 21.2 Å². The quantitative estimate of drug-likeness (QED) is 0.392. The van der Waals surface area contributed by atoms with Crippen LogP contribution in [0.3, 0.4) is 0 Å². The molecule has 0 heterocycles. The molecule has 2 aliphatic carbocycles. The summed E-state index contributed by atoms with van der Waals surface area (Å²) in [5, 5.41) is 0. The third-order valence-corrected chi connectivity index (χ3v) is 10.3. The third-order valence-electron chi connectivity index (χ3n) is 5.78. The minimum Gasteiger partial charge on any atom is -0.242 e. The van der Waals surface area contributed by atoms with Gasteiger partial charge in [0.15, 0.2) is 0 Å². The average molecular weight is 631 g/mol. The van der Waals surface area contributed by atoms with Crippen LogP contribution in [-0.4, -0.2) is 23.6 Å². The molecule has 4 nitrogen and oxygen atoms in total. The van der Waals surface area contributed by atoms with Gasteiger partial charge in [-0.25, -0.2) is 13.1 Å². The van der Waals surface area contributed by atoms with Crippen LogP contribution in [0.5, 0.6) is 0 Å². The highest BCUT2D eigenvalue weighted by Gasteiger charge is 2.29. The second-order valence-corrected chi connectivity index (χ2v) is 16.2. The molecule has 0 radical (unpaired) electrons. The van der Waals surface area contributed by atoms with Gasteiger partial charge in [0.05, 0.1) is 26.2 Å². The molecule has 0 bridgehead atoms. The van der Waals surface area contributed by atoms with Crippen molar-refractivity contribution in [3.05, 3.63) is 67.6 Å². The maximum Gasteiger partial charge on any atom is 0.145 e. The zero-order valence-corrected chi connectivity index (χ0v) is 25.5. The molecule has 3 atom stereocenters. The highest BCUT2D eigenvalue weighted by atomic mass is 79.9. The summed E-state index contributed by atoms with van der Waals surface area (Å²) in [5.41, 5.74) is 6.07. The molecule has 2 aromatic carbocycles. The first kappa shape index (κ1) is 27.9. The lowest BCUT2D eigenvalue weighted by atomic mass is 10.1. The zero-order valence-electron chi connectivity index (χ0n) is 20.7. The van der Waals surface area contributed by atoms with Crippen LogP contribution in [-0.2, 0) is 34.8 Å². The average Bonchev–Trinajstić information content (AvgIpc) is 3.33. The van der Waals surface area contributed by atoms with Crippen molar-refractivity contribution in [3.63, 3.8) is 0 Å². The Morgan fingerprint density at radius 3 is 2.09 bits per heavy atom. The van der Waals surface area contributed by atoms with Gasteiger partial charge in [0.25, 0.3) is 0 Å². The molecule has 2 aromatic rings. The van der Waals surface area contributed by atoms with Gasteiger partial charge in [0.1, 0.15) is 11.0 Å². The highest BCUT2D eigenvalue weighted by Crippen LogP contribution is 2.36. The largest absolute Gasteiger partial charge is 0.242 e. The molecule has 34 heavy (non-hydrogen) atoms. The lowest BCUT2D eigenvalue weighted by Gasteiger charge is -2.22. The number of fused-ring (bicyclic) bond motifs is 2. The number of hydrogen-bond acceptors (Lipinski definition) is 2. The van der Waals surface area contributed by atoms with Gasteiger partial charge in [-0.15, -0.1) is 0 Å². The number of benzene rings is 2. The first-order valence-corrected chi connectivity index (χ1v) is 15.4. The van der Waals surface area contributed by atoms with Crippen LogP contribution < -0.4 is 4.72 Å². The van der Waals surface area contributed by atoms with E-state index in [9.17, 15) is 8.42 Å². The first-order valence-electron chi connectivity index (χ1n) is 11.5. The number of hydrogen-bond donors (Lipinski definition) is 1. The number of nitrogens with one attached hydrogen (secondary N) is 1. The molecular formula is C26H34Br2N2O2S2. The number of halogens is 2. The van der Waals surface area contributed by atoms with Crippen LogP contribution in [0.4, 0.5) is 0 Å². The molecule has 0 saturated heterocycles. The Hall–Kier alpha value is -0.670. The maximum absolute atomic E-state index is 12.1. The van der Waals surface area contributed by atoms with Crippen molar-refractivity contribution >= 4 is 59.5 Å². The Morgan fingerprint density at radius 1 is 0.853 bits per heavy atom. The smallest absolute Gasteiger partial charge is 0.145 e. The molecule has 0 amide bonds. The van der Waals surface area contributed by atoms with E-state index in [1.54, 1.807) is 0 Å². The van der Waals surface area contributed by atoms with E-state index in [2.05, 4.69) is 59.2 Å². The molecule has 2 aliphatic rings. The summed E-state index contributed by atoms with van der Waals surface area (Å²) < 4.78 is 33.6. The maximum atomic E-state index is 12.1. The minimum absolute atomic E-state index is 0.214. The molecule has 8 heteroatoms. The molecule has 1 N–H and O–H groups in total. The predicted octanol–water partition coefficient (Wildman–Crippen LogP) is 7.13. The second kappa shape index (κ2) is 11.2. The lowest BCUT2D eigenvalue weighted by Crippen LogP contribution is -2.35. The van der Waals surface area contributed by atoms with Crippen molar-refractivity contribution in [3.8, 4) is 0 Å². The summed E-state index contributed by atoms with van der Waals surface area (Å²) in [5.74, 6) is 0. The topological polar surface area (TPSA) is 58.5 Å². The van der Waals surface area contributed by atoms with E-state index in [4.69, 9.17) is 0 Å². The fourth-order valence-electron chi connectivity index (χ4n) is 3.83. The zero-order chi connectivity index (χ0) is 25.3. The lowest BCUT2D eigenvalue weighted by molar-refractivity contribution is 0.596. The molecule has 0 unspecified atom stereocenters. The number of rotatable bonds is 3. The molecule has 0 aliphatic heterocycles. The Labute approximate surface area is 226 Å². The van der Waals surface area contributed by atoms with E-state index in [0.717, 1.165) is 41.4 Å². The Morgan fingerprint density at radius 2 is 1.47 bits per heavy atom. The van der Waals surface area contributed by atoms with Gasteiger partial charge in [-0.05, 0) is 96.0 Å². The summed E-state index contributed by atoms with van der Waals surface area (Å²) in [7, 11) is -2.17. The molecule has 4 rings (SSSR count). The molecule has 0 aromatic heterocycles. The molecular weight excluding hydrogens is 596 g/mol. The van der Waals surface area contributed by atoms with Gasteiger partial charge in [-0.2, -0.15) is 4.40 Å². The Bertz CT molecular complexity index is 1130. The fourth-order valence-corrected chi connectivity index (χ4v) is 6.50. The third kappa shape index (κ3) is 6.75. The van der Waals surface area contributed by atoms with E-state index in [1.807, 2.05) is 59.7 Å². The molecule has 0 fully saturated rings. The summed E-state index contributed by atoms with van der Waals surface area (Å²) in [4.78, 5) is 0. The molecule has 186 valence electrons. The highest BCUT2D eigenvalue weighted by molar-refractivity contribution is 9.10. The first-order chi connectivity index (χ1) is 15.8. The van der Waals surface area contributed by atoms with Gasteiger partial charge in [-0.1, -0.05) is 56.1 Å². The van der Waals surface area contributed by atoms with E-state index < -0.39 is 22.0 Å². The summed E-state index contributed by atoms with van der Waals surface area (Å²) in [6.45, 7) is 11.8. The van der Waals surface area contributed by atoms with Crippen molar-refractivity contribution in [1.29, 1.82) is 0 Å². The minimum atomic E-state index is -1.17. The van der Waals surface area contributed by atoms with Crippen LogP contribution in [0.15, 0.2) is 49.7 Å². The molecule has 0 saturated carbocycles. The van der Waals surface area contributed by atoms with Gasteiger partial charge < -0.3 is 0 Å². The van der Waals surface area contributed by atoms with Gasteiger partial charge >= 0.3 is 0 Å². The van der Waals surface area contributed by atoms with Crippen molar-refractivity contribution < 1.29 is 8.42 Å². The number of nitrogens with zero attached hydrogens (tertiary/aromatic N) is 1. The van der Waals surface area contributed by atoms with Crippen LogP contribution in [0, 0.1) is 0 Å². The normalized spacial score (nSPS) is 20.4. The molecule has 0 spiro atoms. The van der Waals surface area contributed by atoms with Gasteiger partial charge in [0.2, 0.25) is 0 Å². The van der Waals surface area contributed by atoms with Gasteiger partial charge in [-0.3, -0.25) is 0 Å². The van der Waals surface area contributed by atoms with Crippen LogP contribution in [0.2, 0.25) is 0 Å². The summed E-state index contributed by atoms with van der Waals surface area (Å²) >= 11 is 7.13. The van der Waals surface area contributed by atoms with Crippen LogP contribution in [0.25, 0.3) is 0 Å². The second-order valence-electron chi connectivity index (χ2n) is 10.6. The van der Waals surface area contributed by atoms with E-state index >= 15 is 0 Å². The van der Waals surface area contributed by atoms with Crippen LogP contribution >= 0.6 is 31.9 Å². The van der Waals surface area contributed by atoms with Crippen LogP contribution in [0.1, 0.15) is 82.7 Å². The SMILES string of the molecule is CC(C)(C)[S@](=O)N=C1CCc2c(Br)cccc21.CC(C)(C)[S@](=O)N[C@H]1CCc2c(Br)cccc21. The Kier molecular flexibility index (Phi) is 9.16. The fraction of sp³-hybridized carbons (Fsp3) is 0.500. The monoisotopic (exact) mass is 628 g/mol. The van der Waals surface area contributed by atoms with E-state index in [-0.39, 0.29) is 15.5 Å². The van der Waals surface area contributed by atoms with Crippen molar-refractivity contribution in [1.82, 2.24) is 4.72 Å². The van der Waals surface area contributed by atoms with Crippen molar-refractivity contribution in [2.24, 2.45) is 4.40 Å².